The van der Waals surface area contributed by atoms with Gasteiger partial charge in [-0.05, 0) is 25.0 Å². The van der Waals surface area contributed by atoms with Gasteiger partial charge >= 0.3 is 5.97 Å². The molecule has 1 fully saturated rings. The molecule has 0 radical (unpaired) electrons. The summed E-state index contributed by atoms with van der Waals surface area (Å²) >= 11 is 1.58. The lowest BCUT2D eigenvalue weighted by molar-refractivity contribution is -0.149. The number of amides is 1. The summed E-state index contributed by atoms with van der Waals surface area (Å²) < 4.78 is 10.6. The summed E-state index contributed by atoms with van der Waals surface area (Å²) in [5.74, 6) is -0.219. The largest absolute Gasteiger partial charge is 0.497 e. The van der Waals surface area contributed by atoms with E-state index in [4.69, 9.17) is 9.47 Å². The van der Waals surface area contributed by atoms with Gasteiger partial charge in [-0.15, -0.1) is 11.3 Å². The third kappa shape index (κ3) is 4.22. The fraction of sp³-hybridized carbons (Fsp3) is 0.421. The molecule has 7 heteroatoms. The highest BCUT2D eigenvalue weighted by Crippen LogP contribution is 2.28. The second kappa shape index (κ2) is 8.31. The molecule has 1 aromatic carbocycles. The van der Waals surface area contributed by atoms with Crippen LogP contribution in [0.1, 0.15) is 30.5 Å². The van der Waals surface area contributed by atoms with E-state index in [9.17, 15) is 9.59 Å². The normalized spacial score (nSPS) is 16.8. The van der Waals surface area contributed by atoms with Crippen LogP contribution in [0.15, 0.2) is 29.6 Å². The molecule has 0 bridgehead atoms. The van der Waals surface area contributed by atoms with Gasteiger partial charge in [-0.2, -0.15) is 0 Å². The number of hydrogen-bond donors (Lipinski definition) is 0. The number of carbonyl (C=O) groups is 2. The van der Waals surface area contributed by atoms with Gasteiger partial charge in [0.05, 0.1) is 23.7 Å². The van der Waals surface area contributed by atoms with Crippen LogP contribution in [0.4, 0.5) is 5.69 Å². The first kappa shape index (κ1) is 18.4. The van der Waals surface area contributed by atoms with Crippen molar-refractivity contribution in [3.8, 4) is 5.75 Å². The number of esters is 1. The molecule has 0 spiro atoms. The van der Waals surface area contributed by atoms with Crippen LogP contribution in [0.5, 0.6) is 5.75 Å². The molecule has 26 heavy (non-hydrogen) atoms. The number of rotatable bonds is 7. The summed E-state index contributed by atoms with van der Waals surface area (Å²) in [4.78, 5) is 30.7. The average Bonchev–Trinajstić information content (AvgIpc) is 3.26. The second-order valence-corrected chi connectivity index (χ2v) is 7.14. The van der Waals surface area contributed by atoms with E-state index in [0.717, 1.165) is 29.2 Å². The molecule has 0 aliphatic carbocycles. The average molecular weight is 374 g/mol. The van der Waals surface area contributed by atoms with Crippen LogP contribution in [0.25, 0.3) is 0 Å². The first-order valence-electron chi connectivity index (χ1n) is 8.65. The van der Waals surface area contributed by atoms with Crippen molar-refractivity contribution in [1.29, 1.82) is 0 Å². The van der Waals surface area contributed by atoms with E-state index in [0.29, 0.717) is 12.3 Å². The third-order valence-corrected chi connectivity index (χ3v) is 5.21. The zero-order chi connectivity index (χ0) is 18.5. The van der Waals surface area contributed by atoms with Crippen LogP contribution in [-0.4, -0.2) is 30.5 Å². The number of anilines is 1. The maximum absolute atomic E-state index is 12.3. The van der Waals surface area contributed by atoms with Crippen molar-refractivity contribution in [1.82, 2.24) is 4.98 Å². The lowest BCUT2D eigenvalue weighted by atomic mass is 10.1. The third-order valence-electron chi connectivity index (χ3n) is 4.25. The number of aromatic nitrogens is 1. The Labute approximate surface area is 156 Å². The molecule has 2 aromatic rings. The summed E-state index contributed by atoms with van der Waals surface area (Å²) in [6, 6.07) is 7.26. The number of hydrogen-bond acceptors (Lipinski definition) is 6. The first-order chi connectivity index (χ1) is 12.6. The Morgan fingerprint density at radius 2 is 2.27 bits per heavy atom. The summed E-state index contributed by atoms with van der Waals surface area (Å²) in [7, 11) is 1.58. The Morgan fingerprint density at radius 3 is 3.04 bits per heavy atom. The molecule has 1 unspecified atom stereocenters. The Morgan fingerprint density at radius 1 is 1.42 bits per heavy atom. The lowest BCUT2D eigenvalue weighted by Crippen LogP contribution is -2.26. The van der Waals surface area contributed by atoms with Gasteiger partial charge in [0.1, 0.15) is 12.4 Å². The maximum atomic E-state index is 12.3. The minimum atomic E-state index is -0.456. The minimum absolute atomic E-state index is 0.0842. The lowest BCUT2D eigenvalue weighted by Gasteiger charge is -2.17. The van der Waals surface area contributed by atoms with Gasteiger partial charge in [0.2, 0.25) is 5.91 Å². The van der Waals surface area contributed by atoms with Gasteiger partial charge in [0.15, 0.2) is 0 Å². The molecule has 6 nitrogen and oxygen atoms in total. The number of benzene rings is 1. The predicted molar refractivity (Wildman–Crippen MR) is 99.4 cm³/mol. The van der Waals surface area contributed by atoms with E-state index in [2.05, 4.69) is 11.9 Å². The molecule has 0 saturated carbocycles. The van der Waals surface area contributed by atoms with Gasteiger partial charge in [-0.1, -0.05) is 13.0 Å². The topological polar surface area (TPSA) is 68.7 Å². The molecule has 0 N–H and O–H groups in total. The zero-order valence-electron chi connectivity index (χ0n) is 14.9. The number of ether oxygens (including phenoxy) is 2. The molecule has 1 saturated heterocycles. The highest BCUT2D eigenvalue weighted by Gasteiger charge is 2.36. The molecule has 1 aromatic heterocycles. The summed E-state index contributed by atoms with van der Waals surface area (Å²) in [5, 5.41) is 2.97. The number of aryl methyl sites for hydroxylation is 1. The van der Waals surface area contributed by atoms with Crippen molar-refractivity contribution >= 4 is 28.9 Å². The highest BCUT2D eigenvalue weighted by molar-refractivity contribution is 7.09. The Balaban J connectivity index is 1.57. The van der Waals surface area contributed by atoms with Gasteiger partial charge in [0.25, 0.3) is 0 Å². The van der Waals surface area contributed by atoms with Crippen molar-refractivity contribution in [2.75, 3.05) is 18.6 Å². The number of nitrogens with zero attached hydrogens (tertiary/aromatic N) is 2. The summed E-state index contributed by atoms with van der Waals surface area (Å²) in [6.45, 7) is 2.58. The molecular weight excluding hydrogens is 352 g/mol. The van der Waals surface area contributed by atoms with Crippen LogP contribution in [-0.2, 0) is 27.4 Å². The predicted octanol–water partition coefficient (Wildman–Crippen LogP) is 3.20. The van der Waals surface area contributed by atoms with E-state index >= 15 is 0 Å². The Kier molecular flexibility index (Phi) is 5.88. The van der Waals surface area contributed by atoms with Gasteiger partial charge < -0.3 is 14.4 Å². The van der Waals surface area contributed by atoms with Crippen molar-refractivity contribution in [3.63, 3.8) is 0 Å². The van der Waals surface area contributed by atoms with Gasteiger partial charge in [-0.25, -0.2) is 4.98 Å². The quantitative estimate of drug-likeness (QED) is 0.696. The molecule has 2 heterocycles. The van der Waals surface area contributed by atoms with Crippen LogP contribution in [0, 0.1) is 5.92 Å². The first-order valence-corrected chi connectivity index (χ1v) is 9.53. The van der Waals surface area contributed by atoms with Crippen LogP contribution in [0.3, 0.4) is 0 Å². The molecule has 3 rings (SSSR count). The molecule has 138 valence electrons. The Hall–Kier alpha value is -2.41. The van der Waals surface area contributed by atoms with Crippen molar-refractivity contribution in [3.05, 3.63) is 40.3 Å². The summed E-state index contributed by atoms with van der Waals surface area (Å²) in [5.41, 5.74) is 1.49. The second-order valence-electron chi connectivity index (χ2n) is 6.20. The standard InChI is InChI=1S/C19H22N2O4S/c1-3-5-17-20-14(12-26-17)11-25-19(23)13-8-18(22)21(10-13)15-6-4-7-16(9-15)24-2/h4,6-7,9,12-13H,3,5,8,10-11H2,1-2H3. The Bertz CT molecular complexity index is 789. The fourth-order valence-electron chi connectivity index (χ4n) is 2.90. The number of thiazole rings is 1. The fourth-order valence-corrected chi connectivity index (χ4v) is 3.78. The van der Waals surface area contributed by atoms with Crippen LogP contribution < -0.4 is 9.64 Å². The van der Waals surface area contributed by atoms with Gasteiger partial charge in [-0.3, -0.25) is 9.59 Å². The molecule has 1 amide bonds. The van der Waals surface area contributed by atoms with Gasteiger partial charge in [0, 0.05) is 30.1 Å². The zero-order valence-corrected chi connectivity index (χ0v) is 15.8. The maximum Gasteiger partial charge on any atom is 0.311 e. The number of carbonyl (C=O) groups excluding carboxylic acids is 2. The van der Waals surface area contributed by atoms with E-state index < -0.39 is 5.92 Å². The highest BCUT2D eigenvalue weighted by atomic mass is 32.1. The SMILES string of the molecule is CCCc1nc(COC(=O)C2CC(=O)N(c3cccc(OC)c3)C2)cs1. The molecule has 1 aliphatic heterocycles. The monoisotopic (exact) mass is 374 g/mol. The number of methoxy groups -OCH3 is 1. The van der Waals surface area contributed by atoms with Crippen molar-refractivity contribution in [2.24, 2.45) is 5.92 Å². The molecule has 1 aliphatic rings. The van der Waals surface area contributed by atoms with Crippen LogP contribution in [0.2, 0.25) is 0 Å². The minimum Gasteiger partial charge on any atom is -0.497 e. The van der Waals surface area contributed by atoms with Crippen molar-refractivity contribution < 1.29 is 19.1 Å². The van der Waals surface area contributed by atoms with E-state index in [1.807, 2.05) is 23.6 Å². The van der Waals surface area contributed by atoms with E-state index in [-0.39, 0.29) is 24.9 Å². The van der Waals surface area contributed by atoms with E-state index in [1.165, 1.54) is 0 Å². The summed E-state index contributed by atoms with van der Waals surface area (Å²) in [6.07, 6.45) is 2.14. The smallest absolute Gasteiger partial charge is 0.311 e. The van der Waals surface area contributed by atoms with E-state index in [1.54, 1.807) is 29.4 Å². The molecule has 1 atom stereocenters. The van der Waals surface area contributed by atoms with Crippen molar-refractivity contribution in [2.45, 2.75) is 32.8 Å². The van der Waals surface area contributed by atoms with Crippen LogP contribution >= 0.6 is 11.3 Å². The molecular formula is C19H22N2O4S.